The largest absolute Gasteiger partial charge is 0.383 e. The van der Waals surface area contributed by atoms with Crippen molar-refractivity contribution in [2.45, 2.75) is 24.9 Å². The normalized spacial score (nSPS) is 23.5. The second-order valence-corrected chi connectivity index (χ2v) is 5.73. The minimum Gasteiger partial charge on any atom is -0.383 e. The van der Waals surface area contributed by atoms with Gasteiger partial charge in [-0.15, -0.1) is 0 Å². The Labute approximate surface area is 125 Å². The molecule has 1 aliphatic heterocycles. The minimum atomic E-state index is 0.156. The van der Waals surface area contributed by atoms with Crippen LogP contribution in [0.5, 0.6) is 0 Å². The van der Waals surface area contributed by atoms with E-state index in [-0.39, 0.29) is 12.1 Å². The van der Waals surface area contributed by atoms with E-state index in [4.69, 9.17) is 10.5 Å². The van der Waals surface area contributed by atoms with Crippen LogP contribution in [0.2, 0.25) is 0 Å². The van der Waals surface area contributed by atoms with Gasteiger partial charge in [0.15, 0.2) is 0 Å². The molecular weight excluding hydrogens is 262 g/mol. The van der Waals surface area contributed by atoms with E-state index in [9.17, 15) is 0 Å². The van der Waals surface area contributed by atoms with Gasteiger partial charge in [0.2, 0.25) is 0 Å². The van der Waals surface area contributed by atoms with E-state index in [0.29, 0.717) is 0 Å². The first-order chi connectivity index (χ1) is 10.3. The summed E-state index contributed by atoms with van der Waals surface area (Å²) in [5, 5.41) is 2.44. The summed E-state index contributed by atoms with van der Waals surface area (Å²) in [4.78, 5) is 6.87. The predicted molar refractivity (Wildman–Crippen MR) is 85.1 cm³/mol. The van der Waals surface area contributed by atoms with Gasteiger partial charge in [-0.3, -0.25) is 9.88 Å². The number of nitrogens with zero attached hydrogens (tertiary/aromatic N) is 2. The number of hydrogen-bond donors (Lipinski definition) is 1. The van der Waals surface area contributed by atoms with Crippen LogP contribution < -0.4 is 5.73 Å². The lowest BCUT2D eigenvalue weighted by Gasteiger charge is -2.40. The van der Waals surface area contributed by atoms with Gasteiger partial charge in [0.05, 0.1) is 12.6 Å². The van der Waals surface area contributed by atoms with Gasteiger partial charge in [-0.05, 0) is 30.3 Å². The van der Waals surface area contributed by atoms with Crippen molar-refractivity contribution >= 4 is 10.8 Å². The highest BCUT2D eigenvalue weighted by atomic mass is 16.5. The molecule has 0 spiro atoms. The number of ether oxygens (including phenoxy) is 1. The molecule has 3 rings (SSSR count). The van der Waals surface area contributed by atoms with Gasteiger partial charge >= 0.3 is 0 Å². The van der Waals surface area contributed by atoms with E-state index in [0.717, 1.165) is 32.5 Å². The van der Waals surface area contributed by atoms with Crippen molar-refractivity contribution in [3.63, 3.8) is 0 Å². The molecule has 1 aromatic carbocycles. The Morgan fingerprint density at radius 2 is 2.19 bits per heavy atom. The number of rotatable bonds is 4. The van der Waals surface area contributed by atoms with Crippen LogP contribution in [0.25, 0.3) is 10.8 Å². The third kappa shape index (κ3) is 2.93. The molecule has 1 aromatic heterocycles. The van der Waals surface area contributed by atoms with E-state index >= 15 is 0 Å². The lowest BCUT2D eigenvalue weighted by atomic mass is 9.89. The number of pyridine rings is 1. The summed E-state index contributed by atoms with van der Waals surface area (Å²) in [5.41, 5.74) is 7.70. The number of benzene rings is 1. The van der Waals surface area contributed by atoms with Crippen molar-refractivity contribution < 1.29 is 4.74 Å². The quantitative estimate of drug-likeness (QED) is 0.937. The minimum absolute atomic E-state index is 0.156. The Morgan fingerprint density at radius 3 is 3.05 bits per heavy atom. The lowest BCUT2D eigenvalue weighted by molar-refractivity contribution is 0.0853. The summed E-state index contributed by atoms with van der Waals surface area (Å²) < 4.78 is 5.25. The third-order valence-electron chi connectivity index (χ3n) is 4.38. The smallest absolute Gasteiger partial charge is 0.0589 e. The molecule has 2 atom stereocenters. The topological polar surface area (TPSA) is 51.4 Å². The van der Waals surface area contributed by atoms with Gasteiger partial charge in [-0.25, -0.2) is 0 Å². The van der Waals surface area contributed by atoms with Crippen LogP contribution in [0.4, 0.5) is 0 Å². The molecule has 2 heterocycles. The molecule has 0 radical (unpaired) electrons. The summed E-state index contributed by atoms with van der Waals surface area (Å²) >= 11 is 0. The second kappa shape index (κ2) is 6.52. The second-order valence-electron chi connectivity index (χ2n) is 5.73. The van der Waals surface area contributed by atoms with E-state index < -0.39 is 0 Å². The highest BCUT2D eigenvalue weighted by Crippen LogP contribution is 2.33. The molecule has 2 unspecified atom stereocenters. The van der Waals surface area contributed by atoms with Crippen LogP contribution in [0.15, 0.2) is 36.7 Å². The molecule has 0 bridgehead atoms. The number of methoxy groups -OCH3 is 1. The predicted octanol–water partition coefficient (Wildman–Crippen LogP) is 2.35. The summed E-state index contributed by atoms with van der Waals surface area (Å²) in [6, 6.07) is 8.80. The number of nitrogens with two attached hydrogens (primary N) is 1. The van der Waals surface area contributed by atoms with Gasteiger partial charge < -0.3 is 10.5 Å². The van der Waals surface area contributed by atoms with Crippen molar-refractivity contribution in [1.29, 1.82) is 0 Å². The number of fused-ring (bicyclic) bond motifs is 1. The molecule has 0 amide bonds. The van der Waals surface area contributed by atoms with Crippen LogP contribution in [-0.4, -0.2) is 42.7 Å². The van der Waals surface area contributed by atoms with Crippen LogP contribution in [0, 0.1) is 0 Å². The highest BCUT2D eigenvalue weighted by Gasteiger charge is 2.31. The molecule has 1 aliphatic rings. The maximum absolute atomic E-state index is 6.45. The van der Waals surface area contributed by atoms with Crippen molar-refractivity contribution in [2.75, 3.05) is 26.8 Å². The molecule has 21 heavy (non-hydrogen) atoms. The summed E-state index contributed by atoms with van der Waals surface area (Å²) in [5.74, 6) is 0. The first-order valence-electron chi connectivity index (χ1n) is 7.62. The molecule has 4 heteroatoms. The summed E-state index contributed by atoms with van der Waals surface area (Å²) in [7, 11) is 1.75. The molecule has 4 nitrogen and oxygen atoms in total. The number of hydrogen-bond acceptors (Lipinski definition) is 4. The average molecular weight is 285 g/mol. The first kappa shape index (κ1) is 14.4. The fourth-order valence-corrected chi connectivity index (χ4v) is 3.36. The molecule has 0 aliphatic carbocycles. The lowest BCUT2D eigenvalue weighted by Crippen LogP contribution is -2.47. The Morgan fingerprint density at radius 1 is 1.33 bits per heavy atom. The molecule has 1 saturated heterocycles. The van der Waals surface area contributed by atoms with Gasteiger partial charge in [-0.2, -0.15) is 0 Å². The third-order valence-corrected chi connectivity index (χ3v) is 4.38. The fraction of sp³-hybridized carbons (Fsp3) is 0.471. The zero-order chi connectivity index (χ0) is 14.7. The maximum Gasteiger partial charge on any atom is 0.0589 e. The first-order valence-corrected chi connectivity index (χ1v) is 7.62. The molecule has 1 fully saturated rings. The van der Waals surface area contributed by atoms with Gasteiger partial charge in [0, 0.05) is 37.5 Å². The van der Waals surface area contributed by atoms with E-state index in [2.05, 4.69) is 34.1 Å². The van der Waals surface area contributed by atoms with E-state index in [1.54, 1.807) is 7.11 Å². The zero-order valence-electron chi connectivity index (χ0n) is 12.5. The van der Waals surface area contributed by atoms with Crippen molar-refractivity contribution in [2.24, 2.45) is 5.73 Å². The van der Waals surface area contributed by atoms with Crippen molar-refractivity contribution in [3.05, 3.63) is 42.2 Å². The number of piperidine rings is 1. The van der Waals surface area contributed by atoms with Crippen LogP contribution in [-0.2, 0) is 4.74 Å². The standard InChI is InChI=1S/C17H23N3O/c1-21-10-9-20-8-4-7-16(18)17(20)15-12-19-11-13-5-2-3-6-14(13)15/h2-3,5-6,11-12,16-17H,4,7-10,18H2,1H3. The molecule has 2 aromatic rings. The maximum atomic E-state index is 6.45. The van der Waals surface area contributed by atoms with Crippen LogP contribution in [0.1, 0.15) is 24.4 Å². The molecule has 0 saturated carbocycles. The Balaban J connectivity index is 2.00. The average Bonchev–Trinajstić information content (AvgIpc) is 2.52. The molecule has 2 N–H and O–H groups in total. The highest BCUT2D eigenvalue weighted by molar-refractivity contribution is 5.85. The van der Waals surface area contributed by atoms with Crippen LogP contribution >= 0.6 is 0 Å². The number of likely N-dealkylation sites (tertiary alicyclic amines) is 1. The Kier molecular flexibility index (Phi) is 4.48. The summed E-state index contributed by atoms with van der Waals surface area (Å²) in [6.07, 6.45) is 6.13. The monoisotopic (exact) mass is 285 g/mol. The molecular formula is C17H23N3O. The molecule has 112 valence electrons. The van der Waals surface area contributed by atoms with Crippen LogP contribution in [0.3, 0.4) is 0 Å². The van der Waals surface area contributed by atoms with Gasteiger partial charge in [0.25, 0.3) is 0 Å². The van der Waals surface area contributed by atoms with E-state index in [1.165, 1.54) is 16.3 Å². The Bertz CT molecular complexity index is 596. The Hall–Kier alpha value is -1.49. The van der Waals surface area contributed by atoms with Gasteiger partial charge in [-0.1, -0.05) is 24.3 Å². The summed E-state index contributed by atoms with van der Waals surface area (Å²) in [6.45, 7) is 2.73. The SMILES string of the molecule is COCCN1CCCC(N)C1c1cncc2ccccc12. The number of aromatic nitrogens is 1. The fourth-order valence-electron chi connectivity index (χ4n) is 3.36. The van der Waals surface area contributed by atoms with Gasteiger partial charge in [0.1, 0.15) is 0 Å². The van der Waals surface area contributed by atoms with E-state index in [1.807, 2.05) is 12.4 Å². The van der Waals surface area contributed by atoms with Crippen molar-refractivity contribution in [3.8, 4) is 0 Å². The van der Waals surface area contributed by atoms with Crippen molar-refractivity contribution in [1.82, 2.24) is 9.88 Å². The zero-order valence-corrected chi connectivity index (χ0v) is 12.5.